The molecular weight excluding hydrogens is 307 g/mol. The number of alkyl halides is 3. The molecule has 0 saturated heterocycles. The first kappa shape index (κ1) is 13.7. The molecule has 0 bridgehead atoms. The first-order chi connectivity index (χ1) is 8.47. The lowest BCUT2D eigenvalue weighted by atomic mass is 10.1. The van der Waals surface area contributed by atoms with Gasteiger partial charge >= 0.3 is 6.18 Å². The number of anilines is 1. The number of hydrogen-bond acceptors (Lipinski definition) is 1. The molecule has 0 aromatic heterocycles. The van der Waals surface area contributed by atoms with Crippen LogP contribution in [0.3, 0.4) is 0 Å². The van der Waals surface area contributed by atoms with E-state index in [4.69, 9.17) is 0 Å². The summed E-state index contributed by atoms with van der Waals surface area (Å²) in [7, 11) is 0. The fourth-order valence-corrected chi connectivity index (χ4v) is 2.69. The SMILES string of the molecule is FC(F)(F)c1ccc(Br)c(NCC2CCCC2)c1. The zero-order valence-electron chi connectivity index (χ0n) is 9.86. The van der Waals surface area contributed by atoms with Crippen molar-refractivity contribution in [3.63, 3.8) is 0 Å². The minimum atomic E-state index is -4.29. The van der Waals surface area contributed by atoms with Crippen LogP contribution in [0.1, 0.15) is 31.2 Å². The molecule has 1 aromatic rings. The van der Waals surface area contributed by atoms with Crippen LogP contribution in [0, 0.1) is 5.92 Å². The van der Waals surface area contributed by atoms with Crippen LogP contribution in [0.2, 0.25) is 0 Å². The highest BCUT2D eigenvalue weighted by Crippen LogP contribution is 2.34. The Morgan fingerprint density at radius 1 is 1.22 bits per heavy atom. The minimum absolute atomic E-state index is 0.525. The molecule has 0 atom stereocenters. The van der Waals surface area contributed by atoms with Gasteiger partial charge in [-0.15, -0.1) is 0 Å². The van der Waals surface area contributed by atoms with Crippen molar-refractivity contribution in [2.75, 3.05) is 11.9 Å². The fourth-order valence-electron chi connectivity index (χ4n) is 2.31. The molecule has 1 aliphatic rings. The van der Waals surface area contributed by atoms with Gasteiger partial charge in [-0.3, -0.25) is 0 Å². The van der Waals surface area contributed by atoms with Gasteiger partial charge in [-0.25, -0.2) is 0 Å². The molecule has 1 N–H and O–H groups in total. The molecule has 1 nitrogen and oxygen atoms in total. The predicted molar refractivity (Wildman–Crippen MR) is 69.6 cm³/mol. The number of halogens is 4. The van der Waals surface area contributed by atoms with E-state index in [1.165, 1.54) is 37.8 Å². The zero-order valence-corrected chi connectivity index (χ0v) is 11.4. The molecule has 5 heteroatoms. The van der Waals surface area contributed by atoms with Crippen LogP contribution in [-0.4, -0.2) is 6.54 Å². The maximum Gasteiger partial charge on any atom is 0.416 e. The molecule has 0 spiro atoms. The lowest BCUT2D eigenvalue weighted by Crippen LogP contribution is -2.12. The van der Waals surface area contributed by atoms with Gasteiger partial charge in [0.2, 0.25) is 0 Å². The average Bonchev–Trinajstić information content (AvgIpc) is 2.79. The molecule has 0 aliphatic heterocycles. The largest absolute Gasteiger partial charge is 0.416 e. The molecule has 1 aliphatic carbocycles. The van der Waals surface area contributed by atoms with E-state index >= 15 is 0 Å². The summed E-state index contributed by atoms with van der Waals surface area (Å²) in [6.45, 7) is 0.750. The van der Waals surface area contributed by atoms with Crippen molar-refractivity contribution in [2.45, 2.75) is 31.9 Å². The Labute approximate surface area is 113 Å². The predicted octanol–water partition coefficient (Wildman–Crippen LogP) is 5.07. The molecule has 18 heavy (non-hydrogen) atoms. The number of hydrogen-bond donors (Lipinski definition) is 1. The van der Waals surface area contributed by atoms with E-state index in [0.29, 0.717) is 16.1 Å². The Hall–Kier alpha value is -0.710. The Morgan fingerprint density at radius 2 is 1.89 bits per heavy atom. The van der Waals surface area contributed by atoms with Gasteiger partial charge in [0.15, 0.2) is 0 Å². The summed E-state index contributed by atoms with van der Waals surface area (Å²) in [6.07, 6.45) is 0.518. The number of rotatable bonds is 3. The molecule has 1 aromatic carbocycles. The third-order valence-electron chi connectivity index (χ3n) is 3.35. The van der Waals surface area contributed by atoms with Crippen LogP contribution >= 0.6 is 15.9 Å². The van der Waals surface area contributed by atoms with Crippen LogP contribution in [0.25, 0.3) is 0 Å². The van der Waals surface area contributed by atoms with Gasteiger partial charge in [-0.05, 0) is 52.9 Å². The highest BCUT2D eigenvalue weighted by molar-refractivity contribution is 9.10. The standard InChI is InChI=1S/C13H15BrF3N/c14-11-6-5-10(13(15,16)17)7-12(11)18-8-9-3-1-2-4-9/h5-7,9,18H,1-4,8H2. The summed E-state index contributed by atoms with van der Waals surface area (Å²) < 4.78 is 38.5. The Kier molecular flexibility index (Phi) is 4.20. The average molecular weight is 322 g/mol. The quantitative estimate of drug-likeness (QED) is 0.819. The van der Waals surface area contributed by atoms with Crippen LogP contribution in [0.15, 0.2) is 22.7 Å². The first-order valence-corrected chi connectivity index (χ1v) is 6.87. The monoisotopic (exact) mass is 321 g/mol. The number of benzene rings is 1. The van der Waals surface area contributed by atoms with Gasteiger partial charge in [-0.1, -0.05) is 12.8 Å². The maximum atomic E-state index is 12.6. The second kappa shape index (κ2) is 5.51. The summed E-state index contributed by atoms with van der Waals surface area (Å²) in [5.74, 6) is 0.589. The molecular formula is C13H15BrF3N. The second-order valence-corrected chi connectivity index (χ2v) is 5.58. The van der Waals surface area contributed by atoms with Crippen LogP contribution < -0.4 is 5.32 Å². The molecule has 0 radical (unpaired) electrons. The normalized spacial score (nSPS) is 17.1. The van der Waals surface area contributed by atoms with Gasteiger partial charge in [0.05, 0.1) is 5.56 Å². The topological polar surface area (TPSA) is 12.0 Å². The van der Waals surface area contributed by atoms with Crippen molar-refractivity contribution in [2.24, 2.45) is 5.92 Å². The second-order valence-electron chi connectivity index (χ2n) is 4.72. The molecule has 1 saturated carbocycles. The maximum absolute atomic E-state index is 12.6. The van der Waals surface area contributed by atoms with Crippen molar-refractivity contribution in [1.82, 2.24) is 0 Å². The third-order valence-corrected chi connectivity index (χ3v) is 4.04. The summed E-state index contributed by atoms with van der Waals surface area (Å²) in [4.78, 5) is 0. The Balaban J connectivity index is 2.06. The van der Waals surface area contributed by atoms with Crippen molar-refractivity contribution in [3.8, 4) is 0 Å². The van der Waals surface area contributed by atoms with E-state index in [1.54, 1.807) is 0 Å². The first-order valence-electron chi connectivity index (χ1n) is 6.07. The van der Waals surface area contributed by atoms with Crippen molar-refractivity contribution in [3.05, 3.63) is 28.2 Å². The third kappa shape index (κ3) is 3.40. The van der Waals surface area contributed by atoms with Gasteiger partial charge in [0.25, 0.3) is 0 Å². The lowest BCUT2D eigenvalue weighted by molar-refractivity contribution is -0.137. The highest BCUT2D eigenvalue weighted by Gasteiger charge is 2.31. The van der Waals surface area contributed by atoms with Crippen molar-refractivity contribution < 1.29 is 13.2 Å². The fraction of sp³-hybridized carbons (Fsp3) is 0.538. The van der Waals surface area contributed by atoms with Gasteiger partial charge < -0.3 is 5.32 Å². The van der Waals surface area contributed by atoms with E-state index in [0.717, 1.165) is 12.6 Å². The molecule has 0 heterocycles. The van der Waals surface area contributed by atoms with Crippen LogP contribution in [0.4, 0.5) is 18.9 Å². The van der Waals surface area contributed by atoms with E-state index in [2.05, 4.69) is 21.2 Å². The van der Waals surface area contributed by atoms with Crippen LogP contribution in [0.5, 0.6) is 0 Å². The van der Waals surface area contributed by atoms with Gasteiger partial charge in [0, 0.05) is 16.7 Å². The van der Waals surface area contributed by atoms with Crippen LogP contribution in [-0.2, 0) is 6.18 Å². The zero-order chi connectivity index (χ0) is 13.2. The molecule has 0 unspecified atom stereocenters. The van der Waals surface area contributed by atoms with E-state index in [9.17, 15) is 13.2 Å². The van der Waals surface area contributed by atoms with E-state index in [-0.39, 0.29) is 0 Å². The van der Waals surface area contributed by atoms with Crippen molar-refractivity contribution >= 4 is 21.6 Å². The smallest absolute Gasteiger partial charge is 0.384 e. The summed E-state index contributed by atoms with van der Waals surface area (Å²) in [5, 5.41) is 3.12. The molecule has 1 fully saturated rings. The van der Waals surface area contributed by atoms with Gasteiger partial charge in [-0.2, -0.15) is 13.2 Å². The van der Waals surface area contributed by atoms with E-state index in [1.807, 2.05) is 0 Å². The molecule has 2 rings (SSSR count). The summed E-state index contributed by atoms with van der Waals surface area (Å²) >= 11 is 3.28. The Morgan fingerprint density at radius 3 is 2.50 bits per heavy atom. The molecule has 0 amide bonds. The lowest BCUT2D eigenvalue weighted by Gasteiger charge is -2.15. The number of nitrogens with one attached hydrogen (secondary N) is 1. The van der Waals surface area contributed by atoms with E-state index < -0.39 is 11.7 Å². The Bertz CT molecular complexity index is 411. The van der Waals surface area contributed by atoms with Crippen molar-refractivity contribution in [1.29, 1.82) is 0 Å². The minimum Gasteiger partial charge on any atom is -0.384 e. The summed E-state index contributed by atoms with van der Waals surface area (Å²) in [5.41, 5.74) is -0.0867. The summed E-state index contributed by atoms with van der Waals surface area (Å²) in [6, 6.07) is 3.70. The highest BCUT2D eigenvalue weighted by atomic mass is 79.9. The molecule has 100 valence electrons. The van der Waals surface area contributed by atoms with Gasteiger partial charge in [0.1, 0.15) is 0 Å².